The maximum atomic E-state index is 11.2. The van der Waals surface area contributed by atoms with Gasteiger partial charge in [-0.3, -0.25) is 4.79 Å². The lowest BCUT2D eigenvalue weighted by atomic mass is 10.1. The van der Waals surface area contributed by atoms with E-state index in [0.29, 0.717) is 23.6 Å². The Morgan fingerprint density at radius 1 is 1.39 bits per heavy atom. The fraction of sp³-hybridized carbons (Fsp3) is 0.214. The molecule has 3 nitrogen and oxygen atoms in total. The van der Waals surface area contributed by atoms with Crippen molar-refractivity contribution < 1.29 is 9.53 Å². The molecule has 0 saturated carbocycles. The van der Waals surface area contributed by atoms with Gasteiger partial charge in [0, 0.05) is 28.6 Å². The molecule has 0 unspecified atom stereocenters. The van der Waals surface area contributed by atoms with Crippen LogP contribution in [0, 0.1) is 0 Å². The first-order chi connectivity index (χ1) is 8.66. The Morgan fingerprint density at radius 2 is 2.22 bits per heavy atom. The van der Waals surface area contributed by atoms with E-state index >= 15 is 0 Å². The first-order valence-electron chi connectivity index (χ1n) is 5.72. The summed E-state index contributed by atoms with van der Waals surface area (Å²) >= 11 is 1.72. The van der Waals surface area contributed by atoms with Gasteiger partial charge in [0.15, 0.2) is 5.78 Å². The standard InChI is InChI=1S/C14H15NO2S/c1-10(16)13-5-4-11(9-14(13)15)17-7-6-12-3-2-8-18-12/h2-5,8-9H,6-7,15H2,1H3. The van der Waals surface area contributed by atoms with E-state index in [9.17, 15) is 4.79 Å². The molecule has 1 aromatic heterocycles. The van der Waals surface area contributed by atoms with E-state index in [1.54, 1.807) is 29.5 Å². The summed E-state index contributed by atoms with van der Waals surface area (Å²) < 4.78 is 5.61. The lowest BCUT2D eigenvalue weighted by Crippen LogP contribution is -2.03. The molecule has 94 valence electrons. The van der Waals surface area contributed by atoms with E-state index in [-0.39, 0.29) is 5.78 Å². The van der Waals surface area contributed by atoms with Crippen molar-refractivity contribution >= 4 is 22.8 Å². The first-order valence-corrected chi connectivity index (χ1v) is 6.60. The molecular formula is C14H15NO2S. The Bertz CT molecular complexity index is 535. The summed E-state index contributed by atoms with van der Waals surface area (Å²) in [5.41, 5.74) is 6.80. The van der Waals surface area contributed by atoms with Crippen LogP contribution in [0.4, 0.5) is 5.69 Å². The maximum Gasteiger partial charge on any atom is 0.161 e. The average molecular weight is 261 g/mol. The fourth-order valence-corrected chi connectivity index (χ4v) is 2.37. The van der Waals surface area contributed by atoms with Crippen LogP contribution in [-0.4, -0.2) is 12.4 Å². The van der Waals surface area contributed by atoms with E-state index in [1.807, 2.05) is 6.07 Å². The number of carbonyl (C=O) groups excluding carboxylic acids is 1. The van der Waals surface area contributed by atoms with E-state index in [0.717, 1.165) is 6.42 Å². The van der Waals surface area contributed by atoms with Gasteiger partial charge in [-0.2, -0.15) is 0 Å². The molecule has 2 aromatic rings. The highest BCUT2D eigenvalue weighted by atomic mass is 32.1. The predicted molar refractivity (Wildman–Crippen MR) is 74.4 cm³/mol. The number of Topliss-reactive ketones (excluding diaryl/α,β-unsaturated/α-hetero) is 1. The number of hydrogen-bond acceptors (Lipinski definition) is 4. The molecule has 0 amide bonds. The van der Waals surface area contributed by atoms with E-state index in [2.05, 4.69) is 11.4 Å². The zero-order valence-electron chi connectivity index (χ0n) is 10.2. The van der Waals surface area contributed by atoms with Crippen LogP contribution in [0.5, 0.6) is 5.75 Å². The summed E-state index contributed by atoms with van der Waals surface area (Å²) in [7, 11) is 0. The normalized spacial score (nSPS) is 10.3. The van der Waals surface area contributed by atoms with E-state index in [1.165, 1.54) is 11.8 Å². The second kappa shape index (κ2) is 5.69. The van der Waals surface area contributed by atoms with Gasteiger partial charge in [-0.1, -0.05) is 6.07 Å². The van der Waals surface area contributed by atoms with Gasteiger partial charge in [0.2, 0.25) is 0 Å². The van der Waals surface area contributed by atoms with Crippen LogP contribution in [0.25, 0.3) is 0 Å². The topological polar surface area (TPSA) is 52.3 Å². The van der Waals surface area contributed by atoms with E-state index < -0.39 is 0 Å². The molecule has 1 aromatic carbocycles. The van der Waals surface area contributed by atoms with Crippen molar-refractivity contribution in [3.8, 4) is 5.75 Å². The highest BCUT2D eigenvalue weighted by molar-refractivity contribution is 7.09. The average Bonchev–Trinajstić information content (AvgIpc) is 2.81. The van der Waals surface area contributed by atoms with Crippen LogP contribution in [0.3, 0.4) is 0 Å². The minimum Gasteiger partial charge on any atom is -0.493 e. The maximum absolute atomic E-state index is 11.2. The van der Waals surface area contributed by atoms with Crippen molar-refractivity contribution in [2.24, 2.45) is 0 Å². The van der Waals surface area contributed by atoms with Crippen LogP contribution >= 0.6 is 11.3 Å². The number of nitrogens with two attached hydrogens (primary N) is 1. The molecule has 2 N–H and O–H groups in total. The molecule has 4 heteroatoms. The smallest absolute Gasteiger partial charge is 0.161 e. The van der Waals surface area contributed by atoms with Gasteiger partial charge in [0.25, 0.3) is 0 Å². The molecule has 1 heterocycles. The third kappa shape index (κ3) is 3.11. The van der Waals surface area contributed by atoms with Gasteiger partial charge in [0.05, 0.1) is 6.61 Å². The highest BCUT2D eigenvalue weighted by Gasteiger charge is 2.05. The van der Waals surface area contributed by atoms with Gasteiger partial charge in [-0.15, -0.1) is 11.3 Å². The summed E-state index contributed by atoms with van der Waals surface area (Å²) in [5, 5.41) is 2.05. The SMILES string of the molecule is CC(=O)c1ccc(OCCc2cccs2)cc1N. The van der Waals surface area contributed by atoms with Crippen LogP contribution in [-0.2, 0) is 6.42 Å². The molecule has 2 rings (SSSR count). The first kappa shape index (κ1) is 12.6. The lowest BCUT2D eigenvalue weighted by molar-refractivity contribution is 0.101. The van der Waals surface area contributed by atoms with Gasteiger partial charge < -0.3 is 10.5 Å². The molecule has 18 heavy (non-hydrogen) atoms. The van der Waals surface area contributed by atoms with Crippen LogP contribution in [0.15, 0.2) is 35.7 Å². The number of ether oxygens (including phenoxy) is 1. The Kier molecular flexibility index (Phi) is 3.99. The van der Waals surface area contributed by atoms with Gasteiger partial charge in [-0.25, -0.2) is 0 Å². The summed E-state index contributed by atoms with van der Waals surface area (Å²) in [6.07, 6.45) is 0.881. The third-order valence-corrected chi connectivity index (χ3v) is 3.54. The monoisotopic (exact) mass is 261 g/mol. The Balaban J connectivity index is 1.94. The van der Waals surface area contributed by atoms with Crippen molar-refractivity contribution in [3.05, 3.63) is 46.2 Å². The van der Waals surface area contributed by atoms with Crippen LogP contribution in [0.2, 0.25) is 0 Å². The summed E-state index contributed by atoms with van der Waals surface area (Å²) in [6.45, 7) is 2.11. The third-order valence-electron chi connectivity index (χ3n) is 2.60. The van der Waals surface area contributed by atoms with Crippen molar-refractivity contribution in [3.63, 3.8) is 0 Å². The minimum absolute atomic E-state index is 0.0300. The molecule has 0 bridgehead atoms. The predicted octanol–water partition coefficient (Wildman–Crippen LogP) is 3.15. The van der Waals surface area contributed by atoms with Gasteiger partial charge in [-0.05, 0) is 30.5 Å². The number of hydrogen-bond donors (Lipinski definition) is 1. The van der Waals surface area contributed by atoms with Crippen molar-refractivity contribution in [2.75, 3.05) is 12.3 Å². The number of anilines is 1. The second-order valence-electron chi connectivity index (χ2n) is 3.98. The molecule has 0 atom stereocenters. The number of ketones is 1. The van der Waals surface area contributed by atoms with Crippen molar-refractivity contribution in [1.82, 2.24) is 0 Å². The van der Waals surface area contributed by atoms with E-state index in [4.69, 9.17) is 10.5 Å². The van der Waals surface area contributed by atoms with Crippen molar-refractivity contribution in [2.45, 2.75) is 13.3 Å². The highest BCUT2D eigenvalue weighted by Crippen LogP contribution is 2.20. The van der Waals surface area contributed by atoms with Crippen LogP contribution in [0.1, 0.15) is 22.2 Å². The summed E-state index contributed by atoms with van der Waals surface area (Å²) in [5.74, 6) is 0.673. The zero-order chi connectivity index (χ0) is 13.0. The molecular weight excluding hydrogens is 246 g/mol. The number of thiophene rings is 1. The van der Waals surface area contributed by atoms with Crippen LogP contribution < -0.4 is 10.5 Å². The Labute approximate surface area is 110 Å². The van der Waals surface area contributed by atoms with Crippen molar-refractivity contribution in [1.29, 1.82) is 0 Å². The molecule has 0 aliphatic carbocycles. The van der Waals surface area contributed by atoms with Gasteiger partial charge in [0.1, 0.15) is 5.75 Å². The fourth-order valence-electron chi connectivity index (χ4n) is 1.68. The zero-order valence-corrected chi connectivity index (χ0v) is 11.0. The quantitative estimate of drug-likeness (QED) is 0.664. The molecule has 0 aliphatic rings. The summed E-state index contributed by atoms with van der Waals surface area (Å²) in [4.78, 5) is 12.5. The molecule has 0 fully saturated rings. The molecule has 0 spiro atoms. The number of rotatable bonds is 5. The number of benzene rings is 1. The second-order valence-corrected chi connectivity index (χ2v) is 5.02. The largest absolute Gasteiger partial charge is 0.493 e. The molecule has 0 radical (unpaired) electrons. The lowest BCUT2D eigenvalue weighted by Gasteiger charge is -2.08. The molecule has 0 aliphatic heterocycles. The summed E-state index contributed by atoms with van der Waals surface area (Å²) in [6, 6.07) is 9.30. The minimum atomic E-state index is -0.0300. The molecule has 0 saturated heterocycles. The number of carbonyl (C=O) groups is 1. The Hall–Kier alpha value is -1.81. The Morgan fingerprint density at radius 3 is 2.83 bits per heavy atom. The number of nitrogen functional groups attached to an aromatic ring is 1. The van der Waals surface area contributed by atoms with Gasteiger partial charge >= 0.3 is 0 Å².